The summed E-state index contributed by atoms with van der Waals surface area (Å²) in [6, 6.07) is 6.42. The first kappa shape index (κ1) is 21.3. The maximum absolute atomic E-state index is 12.6. The molecule has 1 saturated heterocycles. The van der Waals surface area contributed by atoms with E-state index in [-0.39, 0.29) is 29.5 Å². The minimum absolute atomic E-state index is 0.0592. The average Bonchev–Trinajstić information content (AvgIpc) is 3.16. The Labute approximate surface area is 168 Å². The second kappa shape index (κ2) is 8.54. The third-order valence-corrected chi connectivity index (χ3v) is 4.99. The Morgan fingerprint density at radius 2 is 1.86 bits per heavy atom. The molecule has 29 heavy (non-hydrogen) atoms. The smallest absolute Gasteiger partial charge is 0.315 e. The Kier molecular flexibility index (Phi) is 6.28. The number of nitrogens with zero attached hydrogens (tertiary/aromatic N) is 3. The molecule has 1 fully saturated rings. The standard InChI is InChI=1S/C20H26F2N4O3/c1-12-9-26(10-13(2)28-12)20(3,4)11-23-18(27)15-7-5-14(6-8-15)17-24-19(16(21)22)29-25-17/h5-8,12-13,16H,9-11H2,1-4H3,(H,23,27)/t12-,13-/m0/s1. The van der Waals surface area contributed by atoms with Crippen LogP contribution >= 0.6 is 0 Å². The summed E-state index contributed by atoms with van der Waals surface area (Å²) in [5.74, 6) is -0.875. The van der Waals surface area contributed by atoms with Crippen LogP contribution in [0.1, 0.15) is 50.4 Å². The summed E-state index contributed by atoms with van der Waals surface area (Å²) in [7, 11) is 0. The van der Waals surface area contributed by atoms with E-state index in [9.17, 15) is 13.6 Å². The van der Waals surface area contributed by atoms with Gasteiger partial charge in [0.1, 0.15) is 0 Å². The van der Waals surface area contributed by atoms with Crippen LogP contribution in [0.25, 0.3) is 11.4 Å². The van der Waals surface area contributed by atoms with Gasteiger partial charge in [0.15, 0.2) is 0 Å². The molecule has 7 nitrogen and oxygen atoms in total. The molecule has 1 amide bonds. The molecule has 2 heterocycles. The van der Waals surface area contributed by atoms with Crippen LogP contribution in [0.4, 0.5) is 8.78 Å². The number of hydrogen-bond acceptors (Lipinski definition) is 6. The van der Waals surface area contributed by atoms with Gasteiger partial charge in [-0.25, -0.2) is 0 Å². The van der Waals surface area contributed by atoms with E-state index >= 15 is 0 Å². The normalized spacial score (nSPS) is 20.8. The third-order valence-electron chi connectivity index (χ3n) is 4.99. The van der Waals surface area contributed by atoms with Crippen LogP contribution < -0.4 is 5.32 Å². The number of carbonyl (C=O) groups excluding carboxylic acids is 1. The molecule has 0 saturated carbocycles. The van der Waals surface area contributed by atoms with Gasteiger partial charge in [0.25, 0.3) is 11.8 Å². The molecule has 3 rings (SSSR count). The molecule has 0 aliphatic carbocycles. The number of alkyl halides is 2. The Morgan fingerprint density at radius 1 is 1.24 bits per heavy atom. The number of rotatable bonds is 6. The van der Waals surface area contributed by atoms with Crippen molar-refractivity contribution in [2.24, 2.45) is 0 Å². The van der Waals surface area contributed by atoms with Gasteiger partial charge in [0, 0.05) is 36.3 Å². The SMILES string of the molecule is C[C@H]1CN(C(C)(C)CNC(=O)c2ccc(-c3noc(C(F)F)n3)cc2)C[C@H](C)O1. The van der Waals surface area contributed by atoms with E-state index in [2.05, 4.69) is 38.7 Å². The lowest BCUT2D eigenvalue weighted by atomic mass is 9.99. The lowest BCUT2D eigenvalue weighted by Crippen LogP contribution is -2.58. The number of benzene rings is 1. The van der Waals surface area contributed by atoms with E-state index in [4.69, 9.17) is 4.74 Å². The maximum atomic E-state index is 12.6. The first-order chi connectivity index (χ1) is 13.7. The highest BCUT2D eigenvalue weighted by molar-refractivity contribution is 5.94. The van der Waals surface area contributed by atoms with Gasteiger partial charge >= 0.3 is 6.43 Å². The highest BCUT2D eigenvalue weighted by Crippen LogP contribution is 2.23. The fourth-order valence-corrected chi connectivity index (χ4v) is 3.39. The van der Waals surface area contributed by atoms with Gasteiger partial charge < -0.3 is 14.6 Å². The Bertz CT molecular complexity index is 829. The van der Waals surface area contributed by atoms with Gasteiger partial charge in [-0.15, -0.1) is 0 Å². The molecule has 1 N–H and O–H groups in total. The first-order valence-corrected chi connectivity index (χ1v) is 9.56. The summed E-state index contributed by atoms with van der Waals surface area (Å²) in [6.07, 6.45) is -2.52. The lowest BCUT2D eigenvalue weighted by molar-refractivity contribution is -0.0948. The molecule has 2 atom stereocenters. The topological polar surface area (TPSA) is 80.5 Å². The average molecular weight is 408 g/mol. The second-order valence-electron chi connectivity index (χ2n) is 7.99. The van der Waals surface area contributed by atoms with Crippen molar-refractivity contribution in [3.63, 3.8) is 0 Å². The molecule has 0 unspecified atom stereocenters. The van der Waals surface area contributed by atoms with Gasteiger partial charge in [0.05, 0.1) is 12.2 Å². The third kappa shape index (κ3) is 5.16. The monoisotopic (exact) mass is 408 g/mol. The zero-order valence-corrected chi connectivity index (χ0v) is 17.0. The fourth-order valence-electron chi connectivity index (χ4n) is 3.39. The zero-order valence-electron chi connectivity index (χ0n) is 17.0. The molecular formula is C20H26F2N4O3. The molecular weight excluding hydrogens is 382 g/mol. The summed E-state index contributed by atoms with van der Waals surface area (Å²) in [6.45, 7) is 10.4. The highest BCUT2D eigenvalue weighted by atomic mass is 19.3. The van der Waals surface area contributed by atoms with Gasteiger partial charge in [-0.05, 0) is 39.8 Å². The van der Waals surface area contributed by atoms with Gasteiger partial charge in [0.2, 0.25) is 5.82 Å². The number of nitrogens with one attached hydrogen (secondary N) is 1. The minimum Gasteiger partial charge on any atom is -0.373 e. The Balaban J connectivity index is 1.60. The van der Waals surface area contributed by atoms with Crippen molar-refractivity contribution in [1.82, 2.24) is 20.4 Å². The van der Waals surface area contributed by atoms with Crippen LogP contribution in [-0.4, -0.2) is 58.3 Å². The Morgan fingerprint density at radius 3 is 2.41 bits per heavy atom. The molecule has 1 aromatic carbocycles. The lowest BCUT2D eigenvalue weighted by Gasteiger charge is -2.45. The van der Waals surface area contributed by atoms with Crippen molar-refractivity contribution in [3.05, 3.63) is 35.7 Å². The molecule has 2 aromatic rings. The predicted molar refractivity (Wildman–Crippen MR) is 103 cm³/mol. The van der Waals surface area contributed by atoms with E-state index in [1.165, 1.54) is 0 Å². The Hall–Kier alpha value is -2.39. The van der Waals surface area contributed by atoms with Crippen molar-refractivity contribution >= 4 is 5.91 Å². The van der Waals surface area contributed by atoms with Gasteiger partial charge in [-0.1, -0.05) is 17.3 Å². The minimum atomic E-state index is -2.82. The van der Waals surface area contributed by atoms with E-state index in [1.54, 1.807) is 24.3 Å². The molecule has 0 spiro atoms. The maximum Gasteiger partial charge on any atom is 0.315 e. The van der Waals surface area contributed by atoms with Crippen LogP contribution in [0.5, 0.6) is 0 Å². The fraction of sp³-hybridized carbons (Fsp3) is 0.550. The van der Waals surface area contributed by atoms with E-state index in [0.29, 0.717) is 17.7 Å². The number of halogens is 2. The van der Waals surface area contributed by atoms with Gasteiger partial charge in [-0.2, -0.15) is 13.8 Å². The molecule has 1 aliphatic heterocycles. The quantitative estimate of drug-likeness (QED) is 0.790. The van der Waals surface area contributed by atoms with E-state index < -0.39 is 12.3 Å². The van der Waals surface area contributed by atoms with E-state index in [1.807, 2.05) is 13.8 Å². The van der Waals surface area contributed by atoms with Crippen molar-refractivity contribution in [2.75, 3.05) is 19.6 Å². The number of aromatic nitrogens is 2. The number of morpholine rings is 1. The van der Waals surface area contributed by atoms with Crippen LogP contribution in [0.3, 0.4) is 0 Å². The number of amides is 1. The number of ether oxygens (including phenoxy) is 1. The molecule has 9 heteroatoms. The number of hydrogen-bond donors (Lipinski definition) is 1. The van der Waals surface area contributed by atoms with Crippen molar-refractivity contribution < 1.29 is 22.8 Å². The van der Waals surface area contributed by atoms with Crippen LogP contribution in [0.2, 0.25) is 0 Å². The summed E-state index contributed by atoms with van der Waals surface area (Å²) >= 11 is 0. The van der Waals surface area contributed by atoms with Crippen molar-refractivity contribution in [1.29, 1.82) is 0 Å². The second-order valence-corrected chi connectivity index (χ2v) is 7.99. The summed E-state index contributed by atoms with van der Waals surface area (Å²) in [4.78, 5) is 18.5. The largest absolute Gasteiger partial charge is 0.373 e. The van der Waals surface area contributed by atoms with Crippen LogP contribution in [0, 0.1) is 0 Å². The molecule has 1 aromatic heterocycles. The van der Waals surface area contributed by atoms with Crippen molar-refractivity contribution in [2.45, 2.75) is 51.9 Å². The number of carbonyl (C=O) groups is 1. The molecule has 0 radical (unpaired) electrons. The predicted octanol–water partition coefficient (Wildman–Crippen LogP) is 3.29. The first-order valence-electron chi connectivity index (χ1n) is 9.56. The van der Waals surface area contributed by atoms with E-state index in [0.717, 1.165) is 13.1 Å². The molecule has 158 valence electrons. The van der Waals surface area contributed by atoms with Gasteiger partial charge in [-0.3, -0.25) is 9.69 Å². The van der Waals surface area contributed by atoms with Crippen molar-refractivity contribution in [3.8, 4) is 11.4 Å². The van der Waals surface area contributed by atoms with Crippen LogP contribution in [0.15, 0.2) is 28.8 Å². The summed E-state index contributed by atoms with van der Waals surface area (Å²) < 4.78 is 35.4. The molecule has 1 aliphatic rings. The zero-order chi connectivity index (χ0) is 21.2. The van der Waals surface area contributed by atoms with Crippen LogP contribution in [-0.2, 0) is 4.74 Å². The summed E-state index contributed by atoms with van der Waals surface area (Å²) in [5.41, 5.74) is 0.734. The molecule has 0 bridgehead atoms. The highest BCUT2D eigenvalue weighted by Gasteiger charge is 2.33. The summed E-state index contributed by atoms with van der Waals surface area (Å²) in [5, 5.41) is 6.51.